The Morgan fingerprint density at radius 1 is 1.26 bits per heavy atom. The normalized spacial score (nSPS) is 18.0. The van der Waals surface area contributed by atoms with E-state index in [9.17, 15) is 4.79 Å². The second-order valence-electron chi connectivity index (χ2n) is 5.40. The van der Waals surface area contributed by atoms with Crippen LogP contribution in [0.25, 0.3) is 0 Å². The van der Waals surface area contributed by atoms with Gasteiger partial charge >= 0.3 is 0 Å². The first kappa shape index (κ1) is 15.7. The number of carbonyl (C=O) groups excluding carboxylic acids is 1. The SMILES string of the molecule is Cc1cccc2c1C(C=O)OC(=NCCc1ccc(Br)cc1)N2. The monoisotopic (exact) mass is 372 g/mol. The van der Waals surface area contributed by atoms with Crippen molar-refractivity contribution in [2.24, 2.45) is 4.99 Å². The average molecular weight is 373 g/mol. The Morgan fingerprint density at radius 2 is 2.04 bits per heavy atom. The van der Waals surface area contributed by atoms with E-state index in [0.717, 1.165) is 34.0 Å². The van der Waals surface area contributed by atoms with Crippen molar-refractivity contribution in [1.82, 2.24) is 0 Å². The molecule has 1 heterocycles. The van der Waals surface area contributed by atoms with Gasteiger partial charge in [-0.25, -0.2) is 4.99 Å². The Bertz CT molecular complexity index is 741. The molecular formula is C18H17BrN2O2. The Balaban J connectivity index is 1.72. The summed E-state index contributed by atoms with van der Waals surface area (Å²) in [6.07, 6.45) is 1.03. The third-order valence-electron chi connectivity index (χ3n) is 3.78. The molecule has 0 amide bonds. The van der Waals surface area contributed by atoms with Gasteiger partial charge in [-0.2, -0.15) is 0 Å². The maximum atomic E-state index is 11.3. The predicted octanol–water partition coefficient (Wildman–Crippen LogP) is 4.04. The maximum absolute atomic E-state index is 11.3. The van der Waals surface area contributed by atoms with E-state index in [2.05, 4.69) is 38.4 Å². The van der Waals surface area contributed by atoms with E-state index in [4.69, 9.17) is 4.74 Å². The molecule has 1 atom stereocenters. The zero-order chi connectivity index (χ0) is 16.2. The van der Waals surface area contributed by atoms with Crippen molar-refractivity contribution in [2.75, 3.05) is 11.9 Å². The smallest absolute Gasteiger partial charge is 0.290 e. The molecule has 0 spiro atoms. The van der Waals surface area contributed by atoms with Crippen LogP contribution < -0.4 is 5.32 Å². The number of hydrogen-bond acceptors (Lipinski definition) is 3. The van der Waals surface area contributed by atoms with Gasteiger partial charge in [0.25, 0.3) is 6.02 Å². The van der Waals surface area contributed by atoms with E-state index in [1.807, 2.05) is 37.3 Å². The summed E-state index contributed by atoms with van der Waals surface area (Å²) in [6, 6.07) is 14.4. The van der Waals surface area contributed by atoms with Crippen molar-refractivity contribution < 1.29 is 9.53 Å². The number of hydrogen-bond donors (Lipinski definition) is 1. The Morgan fingerprint density at radius 3 is 2.78 bits per heavy atom. The molecule has 2 aromatic carbocycles. The van der Waals surface area contributed by atoms with Gasteiger partial charge in [0.2, 0.25) is 0 Å². The number of ether oxygens (including phenoxy) is 1. The molecule has 1 aliphatic heterocycles. The summed E-state index contributed by atoms with van der Waals surface area (Å²) < 4.78 is 6.72. The lowest BCUT2D eigenvalue weighted by atomic mass is 10.0. The molecule has 0 saturated carbocycles. The first-order chi connectivity index (χ1) is 11.2. The summed E-state index contributed by atoms with van der Waals surface area (Å²) >= 11 is 3.42. The zero-order valence-electron chi connectivity index (χ0n) is 12.8. The third-order valence-corrected chi connectivity index (χ3v) is 4.31. The molecule has 0 saturated heterocycles. The van der Waals surface area contributed by atoms with Crippen molar-refractivity contribution >= 4 is 33.9 Å². The van der Waals surface area contributed by atoms with E-state index in [-0.39, 0.29) is 0 Å². The number of rotatable bonds is 4. The van der Waals surface area contributed by atoms with E-state index >= 15 is 0 Å². The molecule has 0 radical (unpaired) electrons. The fraction of sp³-hybridized carbons (Fsp3) is 0.222. The quantitative estimate of drug-likeness (QED) is 0.823. The van der Waals surface area contributed by atoms with Crippen LogP contribution >= 0.6 is 15.9 Å². The van der Waals surface area contributed by atoms with Crippen molar-refractivity contribution in [3.8, 4) is 0 Å². The topological polar surface area (TPSA) is 50.7 Å². The minimum absolute atomic E-state index is 0.400. The van der Waals surface area contributed by atoms with Crippen molar-refractivity contribution in [1.29, 1.82) is 0 Å². The van der Waals surface area contributed by atoms with Gasteiger partial charge in [0.15, 0.2) is 12.4 Å². The number of anilines is 1. The van der Waals surface area contributed by atoms with Crippen molar-refractivity contribution in [3.05, 3.63) is 63.6 Å². The van der Waals surface area contributed by atoms with E-state index < -0.39 is 6.10 Å². The van der Waals surface area contributed by atoms with Crippen LogP contribution in [0.3, 0.4) is 0 Å². The number of nitrogens with one attached hydrogen (secondary N) is 1. The Hall–Kier alpha value is -2.14. The van der Waals surface area contributed by atoms with Gasteiger partial charge in [-0.3, -0.25) is 4.79 Å². The first-order valence-corrected chi connectivity index (χ1v) is 8.24. The van der Waals surface area contributed by atoms with Crippen molar-refractivity contribution in [3.63, 3.8) is 0 Å². The van der Waals surface area contributed by atoms with Gasteiger partial charge in [0.1, 0.15) is 0 Å². The van der Waals surface area contributed by atoms with Crippen LogP contribution in [0.2, 0.25) is 0 Å². The van der Waals surface area contributed by atoms with Crippen LogP contribution in [0.1, 0.15) is 22.8 Å². The average Bonchev–Trinajstić information content (AvgIpc) is 2.56. The summed E-state index contributed by atoms with van der Waals surface area (Å²) in [5, 5.41) is 3.16. The molecule has 23 heavy (non-hydrogen) atoms. The molecule has 118 valence electrons. The number of benzene rings is 2. The number of fused-ring (bicyclic) bond motifs is 1. The predicted molar refractivity (Wildman–Crippen MR) is 94.8 cm³/mol. The number of halogens is 1. The fourth-order valence-electron chi connectivity index (χ4n) is 2.60. The minimum Gasteiger partial charge on any atom is -0.449 e. The van der Waals surface area contributed by atoms with Crippen LogP contribution in [0.5, 0.6) is 0 Å². The minimum atomic E-state index is -0.598. The van der Waals surface area contributed by atoms with Crippen LogP contribution in [0, 0.1) is 6.92 Å². The van der Waals surface area contributed by atoms with Gasteiger partial charge in [-0.15, -0.1) is 0 Å². The number of aliphatic imine (C=N–C) groups is 1. The lowest BCUT2D eigenvalue weighted by molar-refractivity contribution is -0.114. The van der Waals surface area contributed by atoms with Gasteiger partial charge in [0, 0.05) is 22.3 Å². The van der Waals surface area contributed by atoms with Gasteiger partial charge < -0.3 is 10.1 Å². The second kappa shape index (κ2) is 6.96. The highest BCUT2D eigenvalue weighted by atomic mass is 79.9. The lowest BCUT2D eigenvalue weighted by Gasteiger charge is -2.26. The third kappa shape index (κ3) is 3.62. The molecule has 0 aliphatic carbocycles. The Labute approximate surface area is 143 Å². The molecule has 0 aromatic heterocycles. The van der Waals surface area contributed by atoms with E-state index in [1.54, 1.807) is 0 Å². The number of nitrogens with zero attached hydrogens (tertiary/aromatic N) is 1. The Kier molecular flexibility index (Phi) is 4.76. The van der Waals surface area contributed by atoms with Gasteiger partial charge in [-0.05, 0) is 42.7 Å². The van der Waals surface area contributed by atoms with Crippen LogP contribution in [0.15, 0.2) is 51.9 Å². The standard InChI is InChI=1S/C18H17BrN2O2/c1-12-3-2-4-15-17(12)16(11-22)23-18(21-15)20-10-9-13-5-7-14(19)8-6-13/h2-8,11,16H,9-10H2,1H3,(H,20,21). The van der Waals surface area contributed by atoms with E-state index in [0.29, 0.717) is 12.6 Å². The summed E-state index contributed by atoms with van der Waals surface area (Å²) in [5.74, 6) is 0. The molecule has 0 bridgehead atoms. The molecular weight excluding hydrogens is 356 g/mol. The number of carbonyl (C=O) groups is 1. The molecule has 1 unspecified atom stereocenters. The van der Waals surface area contributed by atoms with Crippen LogP contribution in [0.4, 0.5) is 5.69 Å². The molecule has 3 rings (SSSR count). The summed E-state index contributed by atoms with van der Waals surface area (Å²) in [5.41, 5.74) is 4.00. The van der Waals surface area contributed by atoms with Crippen molar-refractivity contribution in [2.45, 2.75) is 19.4 Å². The van der Waals surface area contributed by atoms with Crippen LogP contribution in [-0.4, -0.2) is 18.9 Å². The lowest BCUT2D eigenvalue weighted by Crippen LogP contribution is -2.28. The summed E-state index contributed by atoms with van der Waals surface area (Å²) in [7, 11) is 0. The number of amidine groups is 1. The molecule has 5 heteroatoms. The molecule has 1 aliphatic rings. The molecule has 1 N–H and O–H groups in total. The summed E-state index contributed by atoms with van der Waals surface area (Å²) in [6.45, 7) is 2.56. The summed E-state index contributed by atoms with van der Waals surface area (Å²) in [4.78, 5) is 15.8. The molecule has 4 nitrogen and oxygen atoms in total. The van der Waals surface area contributed by atoms with E-state index in [1.165, 1.54) is 5.56 Å². The maximum Gasteiger partial charge on any atom is 0.290 e. The van der Waals surface area contributed by atoms with Gasteiger partial charge in [-0.1, -0.05) is 40.2 Å². The van der Waals surface area contributed by atoms with Gasteiger partial charge in [0.05, 0.1) is 0 Å². The first-order valence-electron chi connectivity index (χ1n) is 7.45. The number of aryl methyl sites for hydroxylation is 1. The molecule has 2 aromatic rings. The zero-order valence-corrected chi connectivity index (χ0v) is 14.3. The highest BCUT2D eigenvalue weighted by Crippen LogP contribution is 2.31. The van der Waals surface area contributed by atoms with Crippen LogP contribution in [-0.2, 0) is 16.0 Å². The fourth-order valence-corrected chi connectivity index (χ4v) is 2.87. The highest BCUT2D eigenvalue weighted by Gasteiger charge is 2.25. The second-order valence-corrected chi connectivity index (χ2v) is 6.31. The largest absolute Gasteiger partial charge is 0.449 e. The molecule has 0 fully saturated rings. The number of aldehydes is 1. The highest BCUT2D eigenvalue weighted by molar-refractivity contribution is 9.10.